The van der Waals surface area contributed by atoms with Gasteiger partial charge in [-0.3, -0.25) is 4.79 Å². The molecular formula is C23H31NO6. The third kappa shape index (κ3) is 6.08. The Morgan fingerprint density at radius 3 is 2.57 bits per heavy atom. The number of amides is 1. The van der Waals surface area contributed by atoms with Gasteiger partial charge in [-0.2, -0.15) is 0 Å². The second kappa shape index (κ2) is 10.8. The number of fused-ring (bicyclic) bond motifs is 1. The SMILES string of the molecule is CCCCCCc1c(C)c2ccc(OCC(=O)N[C@H](C(=O)O)C(C)C)cc2oc1=O. The van der Waals surface area contributed by atoms with Crippen LogP contribution >= 0.6 is 0 Å². The molecule has 7 heteroatoms. The number of benzene rings is 1. The Hall–Kier alpha value is -2.83. The first-order valence-corrected chi connectivity index (χ1v) is 10.5. The van der Waals surface area contributed by atoms with Gasteiger partial charge in [0.05, 0.1) is 0 Å². The molecule has 1 aromatic carbocycles. The molecule has 2 N–H and O–H groups in total. The average Bonchev–Trinajstić information content (AvgIpc) is 2.69. The number of unbranched alkanes of at least 4 members (excludes halogenated alkanes) is 3. The monoisotopic (exact) mass is 417 g/mol. The number of ether oxygens (including phenoxy) is 1. The largest absolute Gasteiger partial charge is 0.484 e. The fraction of sp³-hybridized carbons (Fsp3) is 0.522. The Kier molecular flexibility index (Phi) is 8.45. The maximum absolute atomic E-state index is 12.4. The summed E-state index contributed by atoms with van der Waals surface area (Å²) in [6.07, 6.45) is 5.02. The average molecular weight is 418 g/mol. The van der Waals surface area contributed by atoms with E-state index in [1.807, 2.05) is 13.0 Å². The van der Waals surface area contributed by atoms with Crippen molar-refractivity contribution in [2.75, 3.05) is 6.61 Å². The molecule has 0 aliphatic rings. The molecule has 1 aromatic heterocycles. The Labute approximate surface area is 176 Å². The number of carboxylic acid groups (broad SMARTS) is 1. The number of hydrogen-bond acceptors (Lipinski definition) is 5. The van der Waals surface area contributed by atoms with E-state index in [4.69, 9.17) is 14.3 Å². The summed E-state index contributed by atoms with van der Waals surface area (Å²) in [4.78, 5) is 35.6. The summed E-state index contributed by atoms with van der Waals surface area (Å²) in [6.45, 7) is 7.16. The number of carbonyl (C=O) groups is 2. The highest BCUT2D eigenvalue weighted by Gasteiger charge is 2.23. The lowest BCUT2D eigenvalue weighted by molar-refractivity contribution is -0.143. The van der Waals surface area contributed by atoms with Gasteiger partial charge in [0.2, 0.25) is 0 Å². The standard InChI is InChI=1S/C23H31NO6/c1-5-6-7-8-9-18-15(4)17-11-10-16(12-19(17)30-23(18)28)29-13-20(25)24-21(14(2)3)22(26)27/h10-12,14,21H,5-9,13H2,1-4H3,(H,24,25)(H,26,27)/t21-/m0/s1. The summed E-state index contributed by atoms with van der Waals surface area (Å²) in [5.41, 5.74) is 1.68. The summed E-state index contributed by atoms with van der Waals surface area (Å²) < 4.78 is 11.0. The van der Waals surface area contributed by atoms with Gasteiger partial charge < -0.3 is 19.6 Å². The molecule has 30 heavy (non-hydrogen) atoms. The number of hydrogen-bond donors (Lipinski definition) is 2. The van der Waals surface area contributed by atoms with E-state index in [1.54, 1.807) is 26.0 Å². The predicted octanol–water partition coefficient (Wildman–Crippen LogP) is 3.83. The molecule has 164 valence electrons. The van der Waals surface area contributed by atoms with E-state index >= 15 is 0 Å². The third-order valence-corrected chi connectivity index (χ3v) is 5.16. The molecule has 0 spiro atoms. The van der Waals surface area contributed by atoms with E-state index < -0.39 is 17.9 Å². The van der Waals surface area contributed by atoms with Crippen molar-refractivity contribution >= 4 is 22.8 Å². The third-order valence-electron chi connectivity index (χ3n) is 5.16. The highest BCUT2D eigenvalue weighted by Crippen LogP contribution is 2.25. The van der Waals surface area contributed by atoms with E-state index in [0.717, 1.165) is 36.6 Å². The minimum atomic E-state index is -1.09. The highest BCUT2D eigenvalue weighted by atomic mass is 16.5. The van der Waals surface area contributed by atoms with E-state index in [2.05, 4.69) is 12.2 Å². The topological polar surface area (TPSA) is 106 Å². The summed E-state index contributed by atoms with van der Waals surface area (Å²) in [7, 11) is 0. The van der Waals surface area contributed by atoms with Crippen molar-refractivity contribution in [2.24, 2.45) is 5.92 Å². The number of rotatable bonds is 11. The Morgan fingerprint density at radius 1 is 1.20 bits per heavy atom. The molecule has 0 saturated carbocycles. The van der Waals surface area contributed by atoms with Crippen LogP contribution in [0.4, 0.5) is 0 Å². The molecule has 0 radical (unpaired) electrons. The highest BCUT2D eigenvalue weighted by molar-refractivity contribution is 5.85. The van der Waals surface area contributed by atoms with Gasteiger partial charge in [-0.15, -0.1) is 0 Å². The van der Waals surface area contributed by atoms with Crippen molar-refractivity contribution in [1.82, 2.24) is 5.32 Å². The van der Waals surface area contributed by atoms with Crippen LogP contribution in [0.5, 0.6) is 5.75 Å². The molecule has 7 nitrogen and oxygen atoms in total. The number of aryl methyl sites for hydroxylation is 1. The lowest BCUT2D eigenvalue weighted by atomic mass is 10.0. The van der Waals surface area contributed by atoms with Crippen molar-refractivity contribution in [3.8, 4) is 5.75 Å². The zero-order chi connectivity index (χ0) is 22.3. The summed E-state index contributed by atoms with van der Waals surface area (Å²) in [5, 5.41) is 12.4. The molecule has 0 unspecified atom stereocenters. The van der Waals surface area contributed by atoms with Crippen LogP contribution in [0.2, 0.25) is 0 Å². The van der Waals surface area contributed by atoms with Crippen molar-refractivity contribution < 1.29 is 23.8 Å². The fourth-order valence-electron chi connectivity index (χ4n) is 3.36. The maximum Gasteiger partial charge on any atom is 0.339 e. The number of carboxylic acids is 1. The fourth-order valence-corrected chi connectivity index (χ4v) is 3.36. The molecule has 1 amide bonds. The van der Waals surface area contributed by atoms with Gasteiger partial charge in [-0.05, 0) is 43.4 Å². The quantitative estimate of drug-likeness (QED) is 0.425. The van der Waals surface area contributed by atoms with E-state index in [9.17, 15) is 14.4 Å². The van der Waals surface area contributed by atoms with Gasteiger partial charge in [0.15, 0.2) is 6.61 Å². The van der Waals surface area contributed by atoms with Crippen LogP contribution in [0.15, 0.2) is 27.4 Å². The summed E-state index contributed by atoms with van der Waals surface area (Å²) in [6, 6.07) is 4.12. The normalized spacial score (nSPS) is 12.2. The zero-order valence-corrected chi connectivity index (χ0v) is 18.1. The van der Waals surface area contributed by atoms with Gasteiger partial charge in [-0.1, -0.05) is 40.0 Å². The van der Waals surface area contributed by atoms with Gasteiger partial charge in [-0.25, -0.2) is 9.59 Å². The van der Waals surface area contributed by atoms with Crippen molar-refractivity contribution in [3.63, 3.8) is 0 Å². The predicted molar refractivity (Wildman–Crippen MR) is 115 cm³/mol. The Balaban J connectivity index is 2.09. The molecule has 0 fully saturated rings. The van der Waals surface area contributed by atoms with Crippen LogP contribution < -0.4 is 15.7 Å². The van der Waals surface area contributed by atoms with Crippen molar-refractivity contribution in [1.29, 1.82) is 0 Å². The lowest BCUT2D eigenvalue weighted by Crippen LogP contribution is -2.46. The molecule has 0 aliphatic carbocycles. The molecular weight excluding hydrogens is 386 g/mol. The van der Waals surface area contributed by atoms with Crippen molar-refractivity contribution in [2.45, 2.75) is 65.8 Å². The second-order valence-electron chi connectivity index (χ2n) is 7.88. The van der Waals surface area contributed by atoms with Crippen molar-refractivity contribution in [3.05, 3.63) is 39.7 Å². The van der Waals surface area contributed by atoms with E-state index in [0.29, 0.717) is 23.3 Å². The Bertz CT molecular complexity index is 947. The Morgan fingerprint density at radius 2 is 1.93 bits per heavy atom. The molecule has 0 saturated heterocycles. The number of nitrogens with one attached hydrogen (secondary N) is 1. The van der Waals surface area contributed by atoms with Crippen LogP contribution in [0.1, 0.15) is 57.6 Å². The first-order valence-electron chi connectivity index (χ1n) is 10.5. The van der Waals surface area contributed by atoms with Gasteiger partial charge in [0.1, 0.15) is 17.4 Å². The second-order valence-corrected chi connectivity index (χ2v) is 7.88. The molecule has 0 aliphatic heterocycles. The van der Waals surface area contributed by atoms with Crippen LogP contribution in [-0.4, -0.2) is 29.6 Å². The maximum atomic E-state index is 12.4. The minimum Gasteiger partial charge on any atom is -0.484 e. The number of aliphatic carboxylic acids is 1. The first-order chi connectivity index (χ1) is 14.2. The van der Waals surface area contributed by atoms with Gasteiger partial charge in [0, 0.05) is 17.0 Å². The summed E-state index contributed by atoms with van der Waals surface area (Å²) in [5.74, 6) is -1.50. The van der Waals surface area contributed by atoms with Gasteiger partial charge >= 0.3 is 11.6 Å². The van der Waals surface area contributed by atoms with Gasteiger partial charge in [0.25, 0.3) is 5.91 Å². The molecule has 1 heterocycles. The lowest BCUT2D eigenvalue weighted by Gasteiger charge is -2.18. The molecule has 2 rings (SSSR count). The van der Waals surface area contributed by atoms with Crippen LogP contribution in [0.3, 0.4) is 0 Å². The van der Waals surface area contributed by atoms with Crippen LogP contribution in [0.25, 0.3) is 11.0 Å². The van der Waals surface area contributed by atoms with E-state index in [1.165, 1.54) is 0 Å². The van der Waals surface area contributed by atoms with Crippen LogP contribution in [0, 0.1) is 12.8 Å². The summed E-state index contributed by atoms with van der Waals surface area (Å²) >= 11 is 0. The molecule has 1 atom stereocenters. The molecule has 0 bridgehead atoms. The van der Waals surface area contributed by atoms with Crippen LogP contribution in [-0.2, 0) is 16.0 Å². The molecule has 2 aromatic rings. The van der Waals surface area contributed by atoms with E-state index in [-0.39, 0.29) is 18.2 Å². The smallest absolute Gasteiger partial charge is 0.339 e. The number of carbonyl (C=O) groups excluding carboxylic acids is 1. The first kappa shape index (κ1) is 23.4. The minimum absolute atomic E-state index is 0.250. The zero-order valence-electron chi connectivity index (χ0n) is 18.1.